The Labute approximate surface area is 216 Å². The number of pyridine rings is 1. The van der Waals surface area contributed by atoms with Crippen molar-refractivity contribution in [2.45, 2.75) is 92.5 Å². The first-order valence-corrected chi connectivity index (χ1v) is 15.6. The average Bonchev–Trinajstić information content (AvgIpc) is 2.79. The Morgan fingerprint density at radius 3 is 2.29 bits per heavy atom. The molecule has 0 amide bonds. The summed E-state index contributed by atoms with van der Waals surface area (Å²) in [4.78, 5) is 4.52. The normalized spacial score (nSPS) is 15.9. The molecule has 0 aromatic carbocycles. The molecule has 0 unspecified atom stereocenters. The summed E-state index contributed by atoms with van der Waals surface area (Å²) in [6, 6.07) is 3.88. The van der Waals surface area contributed by atoms with Crippen LogP contribution in [-0.2, 0) is 10.8 Å². The van der Waals surface area contributed by atoms with Crippen LogP contribution in [0.3, 0.4) is 0 Å². The van der Waals surface area contributed by atoms with Gasteiger partial charge < -0.3 is 13.9 Å². The van der Waals surface area contributed by atoms with Gasteiger partial charge in [0.05, 0.1) is 20.3 Å². The lowest BCUT2D eigenvalue weighted by atomic mass is 9.96. The smallest absolute Gasteiger partial charge is 0.256 e. The molecule has 35 heavy (non-hydrogen) atoms. The Morgan fingerprint density at radius 2 is 1.74 bits per heavy atom. The van der Waals surface area contributed by atoms with E-state index >= 15 is 0 Å². The first-order chi connectivity index (χ1) is 16.2. The highest BCUT2D eigenvalue weighted by molar-refractivity contribution is 6.74. The van der Waals surface area contributed by atoms with Crippen LogP contribution in [0.15, 0.2) is 59.2 Å². The fourth-order valence-corrected chi connectivity index (χ4v) is 4.89. The van der Waals surface area contributed by atoms with Crippen LogP contribution in [0.1, 0.15) is 67.5 Å². The fraction of sp³-hybridized carbons (Fsp3) is 0.567. The molecule has 1 aromatic rings. The lowest BCUT2D eigenvalue weighted by molar-refractivity contribution is 0.178. The third kappa shape index (κ3) is 9.81. The molecule has 0 N–H and O–H groups in total. The molecule has 0 aliphatic rings. The molecule has 2 atom stereocenters. The van der Waals surface area contributed by atoms with Gasteiger partial charge in [-0.25, -0.2) is 4.98 Å². The van der Waals surface area contributed by atoms with Crippen molar-refractivity contribution in [2.24, 2.45) is 5.92 Å². The molecule has 1 aromatic heterocycles. The summed E-state index contributed by atoms with van der Waals surface area (Å²) in [6.45, 7) is 22.5. The molecule has 0 saturated heterocycles. The Hall–Kier alpha value is -2.11. The molecule has 0 bridgehead atoms. The second-order valence-corrected chi connectivity index (χ2v) is 15.7. The van der Waals surface area contributed by atoms with Gasteiger partial charge in [0, 0.05) is 18.0 Å². The van der Waals surface area contributed by atoms with Crippen LogP contribution in [0, 0.1) is 5.92 Å². The quantitative estimate of drug-likeness (QED) is 0.164. The number of hydrogen-bond donors (Lipinski definition) is 0. The van der Waals surface area contributed by atoms with Crippen molar-refractivity contribution in [3.63, 3.8) is 0 Å². The Bertz CT molecular complexity index is 935. The molecule has 0 aliphatic heterocycles. The van der Waals surface area contributed by atoms with Crippen molar-refractivity contribution in [3.05, 3.63) is 64.9 Å². The van der Waals surface area contributed by atoms with Gasteiger partial charge in [-0.2, -0.15) is 0 Å². The third-order valence-electron chi connectivity index (χ3n) is 6.91. The number of ether oxygens (including phenoxy) is 2. The molecule has 0 saturated carbocycles. The Morgan fingerprint density at radius 1 is 1.09 bits per heavy atom. The molecular weight excluding hydrogens is 450 g/mol. The van der Waals surface area contributed by atoms with E-state index < -0.39 is 8.32 Å². The fourth-order valence-electron chi connectivity index (χ4n) is 3.51. The highest BCUT2D eigenvalue weighted by Crippen LogP contribution is 2.39. The van der Waals surface area contributed by atoms with Crippen LogP contribution in [0.5, 0.6) is 11.6 Å². The molecule has 5 heteroatoms. The van der Waals surface area contributed by atoms with Crippen molar-refractivity contribution < 1.29 is 13.9 Å². The predicted octanol–water partition coefficient (Wildman–Crippen LogP) is 8.47. The van der Waals surface area contributed by atoms with Gasteiger partial charge in [0.2, 0.25) is 0 Å². The summed E-state index contributed by atoms with van der Waals surface area (Å²) < 4.78 is 17.4. The van der Waals surface area contributed by atoms with Gasteiger partial charge in [-0.15, -0.1) is 0 Å². The van der Waals surface area contributed by atoms with Crippen molar-refractivity contribution in [1.29, 1.82) is 0 Å². The largest absolute Gasteiger partial charge is 0.491 e. The molecule has 0 spiro atoms. The SMILES string of the molecule is C/C=C(\C)[C@H](O[Si](C)(C)C(C)(C)C)[C@H](C)/C=C(C)/C=C/C/C(C)=C/Cc1ccc(OC)c(OC)n1. The first-order valence-electron chi connectivity index (χ1n) is 12.6. The van der Waals surface area contributed by atoms with Gasteiger partial charge in [-0.1, -0.05) is 69.2 Å². The number of rotatable bonds is 12. The number of aromatic nitrogens is 1. The lowest BCUT2D eigenvalue weighted by Gasteiger charge is -2.41. The van der Waals surface area contributed by atoms with Gasteiger partial charge in [0.15, 0.2) is 14.1 Å². The van der Waals surface area contributed by atoms with E-state index in [0.29, 0.717) is 17.5 Å². The van der Waals surface area contributed by atoms with E-state index in [1.54, 1.807) is 14.2 Å². The van der Waals surface area contributed by atoms with Gasteiger partial charge >= 0.3 is 0 Å². The number of nitrogens with zero attached hydrogens (tertiary/aromatic N) is 1. The zero-order valence-electron chi connectivity index (χ0n) is 24.3. The van der Waals surface area contributed by atoms with Crippen LogP contribution in [-0.4, -0.2) is 33.6 Å². The molecule has 1 rings (SSSR count). The topological polar surface area (TPSA) is 40.6 Å². The average molecular weight is 500 g/mol. The van der Waals surface area contributed by atoms with Crippen LogP contribution in [0.25, 0.3) is 0 Å². The molecular formula is C30H49NO3Si. The predicted molar refractivity (Wildman–Crippen MR) is 153 cm³/mol. The molecule has 0 fully saturated rings. The second kappa shape index (κ2) is 13.8. The van der Waals surface area contributed by atoms with E-state index in [1.807, 2.05) is 12.1 Å². The maximum atomic E-state index is 6.84. The maximum absolute atomic E-state index is 6.84. The minimum atomic E-state index is -1.87. The zero-order chi connectivity index (χ0) is 26.8. The van der Waals surface area contributed by atoms with E-state index in [-0.39, 0.29) is 11.1 Å². The standard InChI is InChI=1S/C30H49NO3Si/c1-13-24(4)28(34-35(11,12)30(6,7)8)25(5)21-23(3)16-14-15-22(2)17-18-26-19-20-27(32-9)29(31-26)33-10/h13-14,16-17,19-21,25,28H,15,18H2,1-12H3/b16-14+,22-17+,23-21+,24-13+/t25-,28+/m1/s1. The third-order valence-corrected chi connectivity index (χ3v) is 11.4. The maximum Gasteiger partial charge on any atom is 0.256 e. The minimum Gasteiger partial charge on any atom is -0.491 e. The minimum absolute atomic E-state index is 0.111. The highest BCUT2D eigenvalue weighted by atomic mass is 28.4. The molecule has 0 radical (unpaired) electrons. The summed E-state index contributed by atoms with van der Waals surface area (Å²) in [7, 11) is 1.37. The van der Waals surface area contributed by atoms with E-state index in [1.165, 1.54) is 16.7 Å². The van der Waals surface area contributed by atoms with Gasteiger partial charge in [-0.05, 0) is 70.0 Å². The zero-order valence-corrected chi connectivity index (χ0v) is 25.3. The summed E-state index contributed by atoms with van der Waals surface area (Å²) in [5, 5.41) is 0.188. The summed E-state index contributed by atoms with van der Waals surface area (Å²) >= 11 is 0. The van der Waals surface area contributed by atoms with Crippen LogP contribution in [0.2, 0.25) is 18.1 Å². The number of allylic oxidation sites excluding steroid dienone is 6. The van der Waals surface area contributed by atoms with Crippen LogP contribution < -0.4 is 9.47 Å². The van der Waals surface area contributed by atoms with Gasteiger partial charge in [-0.3, -0.25) is 0 Å². The van der Waals surface area contributed by atoms with Crippen molar-refractivity contribution in [1.82, 2.24) is 4.98 Å². The molecule has 0 aliphatic carbocycles. The van der Waals surface area contributed by atoms with Crippen molar-refractivity contribution >= 4 is 8.32 Å². The van der Waals surface area contributed by atoms with E-state index in [9.17, 15) is 0 Å². The van der Waals surface area contributed by atoms with E-state index in [0.717, 1.165) is 18.5 Å². The van der Waals surface area contributed by atoms with E-state index in [4.69, 9.17) is 13.9 Å². The van der Waals surface area contributed by atoms with Crippen LogP contribution >= 0.6 is 0 Å². The first kappa shape index (κ1) is 30.9. The van der Waals surface area contributed by atoms with Crippen LogP contribution in [0.4, 0.5) is 0 Å². The number of hydrogen-bond acceptors (Lipinski definition) is 4. The summed E-state index contributed by atoms with van der Waals surface area (Å²) in [6.07, 6.45) is 13.0. The Balaban J connectivity index is 2.83. The molecule has 1 heterocycles. The highest BCUT2D eigenvalue weighted by Gasteiger charge is 2.40. The summed E-state index contributed by atoms with van der Waals surface area (Å²) in [5.41, 5.74) is 4.84. The Kier molecular flexibility index (Phi) is 12.2. The van der Waals surface area contributed by atoms with Crippen molar-refractivity contribution in [2.75, 3.05) is 14.2 Å². The molecule has 196 valence electrons. The van der Waals surface area contributed by atoms with Gasteiger partial charge in [0.1, 0.15) is 0 Å². The van der Waals surface area contributed by atoms with Gasteiger partial charge in [0.25, 0.3) is 5.88 Å². The summed E-state index contributed by atoms with van der Waals surface area (Å²) in [5.74, 6) is 1.48. The lowest BCUT2D eigenvalue weighted by Crippen LogP contribution is -2.45. The van der Waals surface area contributed by atoms with Crippen molar-refractivity contribution in [3.8, 4) is 11.6 Å². The second-order valence-electron chi connectivity index (χ2n) is 11.0. The number of methoxy groups -OCH3 is 2. The van der Waals surface area contributed by atoms with E-state index in [2.05, 4.69) is 104 Å². The monoisotopic (exact) mass is 499 g/mol. The molecule has 4 nitrogen and oxygen atoms in total.